The molecule has 0 radical (unpaired) electrons. The lowest BCUT2D eigenvalue weighted by Crippen LogP contribution is -2.45. The Morgan fingerprint density at radius 3 is 2.42 bits per heavy atom. The molecule has 0 aliphatic heterocycles. The zero-order chi connectivity index (χ0) is 17.7. The van der Waals surface area contributed by atoms with Crippen molar-refractivity contribution in [2.75, 3.05) is 0 Å². The van der Waals surface area contributed by atoms with Gasteiger partial charge in [-0.1, -0.05) is 42.8 Å². The van der Waals surface area contributed by atoms with Crippen molar-refractivity contribution in [2.45, 2.75) is 45.8 Å². The van der Waals surface area contributed by atoms with Gasteiger partial charge in [-0.15, -0.1) is 11.3 Å². The molecule has 1 unspecified atom stereocenters. The fourth-order valence-corrected chi connectivity index (χ4v) is 2.67. The molecule has 1 N–H and O–H groups in total. The SMILES string of the molecule is CCC(C)(C)NC(=O)C(OC(=O)c1cccs1)c1ccc(C)cc1. The number of carbonyl (C=O) groups excluding carboxylic acids is 2. The predicted molar refractivity (Wildman–Crippen MR) is 96.2 cm³/mol. The third kappa shape index (κ3) is 4.68. The molecule has 0 aliphatic carbocycles. The Labute approximate surface area is 146 Å². The number of nitrogens with one attached hydrogen (secondary N) is 1. The number of carbonyl (C=O) groups is 2. The minimum atomic E-state index is -0.967. The Hall–Kier alpha value is -2.14. The highest BCUT2D eigenvalue weighted by Gasteiger charge is 2.29. The number of ether oxygens (including phenoxy) is 1. The summed E-state index contributed by atoms with van der Waals surface area (Å²) in [6.45, 7) is 7.85. The average molecular weight is 345 g/mol. The van der Waals surface area contributed by atoms with Crippen molar-refractivity contribution >= 4 is 23.2 Å². The highest BCUT2D eigenvalue weighted by Crippen LogP contribution is 2.23. The minimum absolute atomic E-state index is 0.310. The second-order valence-electron chi connectivity index (χ2n) is 6.40. The van der Waals surface area contributed by atoms with Gasteiger partial charge in [0.2, 0.25) is 6.10 Å². The van der Waals surface area contributed by atoms with Crippen molar-refractivity contribution in [3.63, 3.8) is 0 Å². The summed E-state index contributed by atoms with van der Waals surface area (Å²) in [6, 6.07) is 10.9. The van der Waals surface area contributed by atoms with Gasteiger partial charge >= 0.3 is 5.97 Å². The maximum Gasteiger partial charge on any atom is 0.349 e. The van der Waals surface area contributed by atoms with Crippen LogP contribution in [-0.2, 0) is 9.53 Å². The van der Waals surface area contributed by atoms with E-state index in [0.717, 1.165) is 12.0 Å². The second kappa shape index (κ2) is 7.62. The maximum absolute atomic E-state index is 12.7. The maximum atomic E-state index is 12.7. The standard InChI is InChI=1S/C19H23NO3S/c1-5-19(3,4)20-17(21)16(14-10-8-13(2)9-11-14)23-18(22)15-7-6-12-24-15/h6-12,16H,5H2,1-4H3,(H,20,21). The van der Waals surface area contributed by atoms with Crippen LogP contribution in [0, 0.1) is 6.92 Å². The second-order valence-corrected chi connectivity index (χ2v) is 7.35. The molecule has 128 valence electrons. The highest BCUT2D eigenvalue weighted by molar-refractivity contribution is 7.11. The first-order valence-corrected chi connectivity index (χ1v) is 8.83. The van der Waals surface area contributed by atoms with E-state index in [1.165, 1.54) is 11.3 Å². The lowest BCUT2D eigenvalue weighted by Gasteiger charge is -2.27. The molecule has 1 aromatic heterocycles. The number of hydrogen-bond acceptors (Lipinski definition) is 4. The number of thiophene rings is 1. The molecule has 1 aromatic carbocycles. The molecule has 0 aliphatic rings. The monoisotopic (exact) mass is 345 g/mol. The average Bonchev–Trinajstić information content (AvgIpc) is 3.07. The normalized spacial score (nSPS) is 12.5. The van der Waals surface area contributed by atoms with Crippen molar-refractivity contribution in [1.82, 2.24) is 5.32 Å². The lowest BCUT2D eigenvalue weighted by molar-refractivity contribution is -0.132. The fourth-order valence-electron chi connectivity index (χ4n) is 2.06. The molecule has 0 saturated heterocycles. The first-order chi connectivity index (χ1) is 11.3. The first kappa shape index (κ1) is 18.2. The van der Waals surface area contributed by atoms with Crippen LogP contribution in [0.4, 0.5) is 0 Å². The van der Waals surface area contributed by atoms with Crippen molar-refractivity contribution in [1.29, 1.82) is 0 Å². The molecular weight excluding hydrogens is 322 g/mol. The fraction of sp³-hybridized carbons (Fsp3) is 0.368. The van der Waals surface area contributed by atoms with Crippen LogP contribution in [0.15, 0.2) is 41.8 Å². The Kier molecular flexibility index (Phi) is 5.78. The molecular formula is C19H23NO3S. The van der Waals surface area contributed by atoms with E-state index < -0.39 is 12.1 Å². The Bertz CT molecular complexity index is 690. The Morgan fingerprint density at radius 2 is 1.88 bits per heavy atom. The summed E-state index contributed by atoms with van der Waals surface area (Å²) in [5, 5.41) is 4.76. The van der Waals surface area contributed by atoms with Gasteiger partial charge in [0.25, 0.3) is 5.91 Å². The predicted octanol–water partition coefficient (Wildman–Crippen LogP) is 4.26. The van der Waals surface area contributed by atoms with Gasteiger partial charge in [0.05, 0.1) is 0 Å². The van der Waals surface area contributed by atoms with Crippen LogP contribution in [0.3, 0.4) is 0 Å². The molecule has 5 heteroatoms. The highest BCUT2D eigenvalue weighted by atomic mass is 32.1. The van der Waals surface area contributed by atoms with Crippen LogP contribution in [0.25, 0.3) is 0 Å². The quantitative estimate of drug-likeness (QED) is 0.796. The van der Waals surface area contributed by atoms with Crippen LogP contribution >= 0.6 is 11.3 Å². The zero-order valence-electron chi connectivity index (χ0n) is 14.5. The molecule has 24 heavy (non-hydrogen) atoms. The topological polar surface area (TPSA) is 55.4 Å². The van der Waals surface area contributed by atoms with E-state index in [0.29, 0.717) is 10.4 Å². The largest absolute Gasteiger partial charge is 0.443 e. The van der Waals surface area contributed by atoms with Crippen molar-refractivity contribution in [3.05, 3.63) is 57.8 Å². The number of rotatable bonds is 6. The molecule has 1 amide bonds. The Balaban J connectivity index is 2.25. The number of esters is 1. The van der Waals surface area contributed by atoms with Gasteiger partial charge in [0.1, 0.15) is 4.88 Å². The minimum Gasteiger partial charge on any atom is -0.443 e. The molecule has 1 atom stereocenters. The van der Waals surface area contributed by atoms with Crippen LogP contribution < -0.4 is 5.32 Å². The van der Waals surface area contributed by atoms with Gasteiger partial charge in [0.15, 0.2) is 0 Å². The summed E-state index contributed by atoms with van der Waals surface area (Å²) >= 11 is 1.29. The summed E-state index contributed by atoms with van der Waals surface area (Å²) in [6.07, 6.45) is -0.191. The first-order valence-electron chi connectivity index (χ1n) is 7.95. The zero-order valence-corrected chi connectivity index (χ0v) is 15.3. The lowest BCUT2D eigenvalue weighted by atomic mass is 10.00. The third-order valence-corrected chi connectivity index (χ3v) is 4.76. The van der Waals surface area contributed by atoms with E-state index >= 15 is 0 Å². The molecule has 4 nitrogen and oxygen atoms in total. The van der Waals surface area contributed by atoms with Crippen LogP contribution in [-0.4, -0.2) is 17.4 Å². The summed E-state index contributed by atoms with van der Waals surface area (Å²) in [7, 11) is 0. The van der Waals surface area contributed by atoms with E-state index in [2.05, 4.69) is 5.32 Å². The van der Waals surface area contributed by atoms with Gasteiger partial charge in [0, 0.05) is 11.1 Å². The third-order valence-electron chi connectivity index (χ3n) is 3.91. The summed E-state index contributed by atoms with van der Waals surface area (Å²) in [4.78, 5) is 25.5. The van der Waals surface area contributed by atoms with Crippen molar-refractivity contribution in [2.24, 2.45) is 0 Å². The van der Waals surface area contributed by atoms with E-state index in [9.17, 15) is 9.59 Å². The van der Waals surface area contributed by atoms with Gasteiger partial charge < -0.3 is 10.1 Å². The van der Waals surface area contributed by atoms with Gasteiger partial charge in [-0.05, 0) is 38.6 Å². The number of amides is 1. The smallest absolute Gasteiger partial charge is 0.349 e. The van der Waals surface area contributed by atoms with E-state index in [4.69, 9.17) is 4.74 Å². The van der Waals surface area contributed by atoms with E-state index in [-0.39, 0.29) is 11.4 Å². The molecule has 0 fully saturated rings. The molecule has 1 heterocycles. The van der Waals surface area contributed by atoms with Gasteiger partial charge in [-0.2, -0.15) is 0 Å². The molecule has 0 spiro atoms. The summed E-state index contributed by atoms with van der Waals surface area (Å²) in [5.41, 5.74) is 1.38. The molecule has 2 aromatic rings. The summed E-state index contributed by atoms with van der Waals surface area (Å²) in [5.74, 6) is -0.796. The van der Waals surface area contributed by atoms with Crippen molar-refractivity contribution in [3.8, 4) is 0 Å². The number of aryl methyl sites for hydroxylation is 1. The van der Waals surface area contributed by atoms with Crippen LogP contribution in [0.2, 0.25) is 0 Å². The molecule has 2 rings (SSSR count). The van der Waals surface area contributed by atoms with Crippen molar-refractivity contribution < 1.29 is 14.3 Å². The van der Waals surface area contributed by atoms with Crippen LogP contribution in [0.1, 0.15) is 54.1 Å². The van der Waals surface area contributed by atoms with Gasteiger partial charge in [-0.25, -0.2) is 4.79 Å². The Morgan fingerprint density at radius 1 is 1.21 bits per heavy atom. The summed E-state index contributed by atoms with van der Waals surface area (Å²) < 4.78 is 5.53. The molecule has 0 saturated carbocycles. The van der Waals surface area contributed by atoms with Crippen LogP contribution in [0.5, 0.6) is 0 Å². The number of benzene rings is 1. The van der Waals surface area contributed by atoms with E-state index in [1.54, 1.807) is 17.5 Å². The number of hydrogen-bond donors (Lipinski definition) is 1. The molecule has 0 bridgehead atoms. The van der Waals surface area contributed by atoms with E-state index in [1.807, 2.05) is 52.0 Å². The van der Waals surface area contributed by atoms with Gasteiger partial charge in [-0.3, -0.25) is 4.79 Å².